The number of anilines is 1. The van der Waals surface area contributed by atoms with Crippen LogP contribution >= 0.6 is 0 Å². The number of benzene rings is 1. The number of nitrogens with zero attached hydrogens (tertiary/aromatic N) is 4. The number of carbonyl (C=O) groups excluding carboxylic acids is 1. The number of para-hydroxylation sites is 1. The minimum atomic E-state index is 0.0107. The Morgan fingerprint density at radius 2 is 1.74 bits per heavy atom. The lowest BCUT2D eigenvalue weighted by atomic mass is 10.1. The molecule has 0 radical (unpaired) electrons. The minimum absolute atomic E-state index is 0.0107. The molecule has 1 saturated heterocycles. The van der Waals surface area contributed by atoms with Gasteiger partial charge in [0.25, 0.3) is 5.91 Å². The van der Waals surface area contributed by atoms with E-state index >= 15 is 0 Å². The van der Waals surface area contributed by atoms with Crippen LogP contribution in [0.3, 0.4) is 0 Å². The highest BCUT2D eigenvalue weighted by Gasteiger charge is 2.37. The average Bonchev–Trinajstić information content (AvgIpc) is 3.14. The third-order valence-electron chi connectivity index (χ3n) is 6.60. The summed E-state index contributed by atoms with van der Waals surface area (Å²) in [6.07, 6.45) is 6.84. The van der Waals surface area contributed by atoms with E-state index in [0.29, 0.717) is 30.2 Å². The monoisotopic (exact) mass is 421 g/mol. The lowest BCUT2D eigenvalue weighted by Crippen LogP contribution is -2.48. The second-order valence-corrected chi connectivity index (χ2v) is 9.47. The number of aromatic nitrogens is 2. The Labute approximate surface area is 186 Å². The molecular weight excluding hydrogens is 386 g/mol. The smallest absolute Gasteiger partial charge is 0.257 e. The van der Waals surface area contributed by atoms with Crippen molar-refractivity contribution in [2.45, 2.75) is 77.5 Å². The molecule has 1 amide bonds. The van der Waals surface area contributed by atoms with Gasteiger partial charge in [0.15, 0.2) is 0 Å². The van der Waals surface area contributed by atoms with Crippen LogP contribution in [-0.2, 0) is 6.54 Å². The molecule has 2 bridgehead atoms. The highest BCUT2D eigenvalue weighted by molar-refractivity contribution is 5.93. The van der Waals surface area contributed by atoms with Gasteiger partial charge in [-0.3, -0.25) is 9.69 Å². The quantitative estimate of drug-likeness (QED) is 0.801. The van der Waals surface area contributed by atoms with Crippen LogP contribution in [0, 0.1) is 0 Å². The summed E-state index contributed by atoms with van der Waals surface area (Å²) >= 11 is 0. The Kier molecular flexibility index (Phi) is 6.56. The van der Waals surface area contributed by atoms with Crippen molar-refractivity contribution in [3.05, 3.63) is 53.6 Å². The number of amides is 1. The summed E-state index contributed by atoms with van der Waals surface area (Å²) in [6, 6.07) is 9.76. The predicted octanol–water partition coefficient (Wildman–Crippen LogP) is 4.30. The van der Waals surface area contributed by atoms with Gasteiger partial charge in [-0.15, -0.1) is 0 Å². The summed E-state index contributed by atoms with van der Waals surface area (Å²) in [7, 11) is 0. The third-order valence-corrected chi connectivity index (χ3v) is 6.60. The van der Waals surface area contributed by atoms with Crippen LogP contribution in [-0.4, -0.2) is 56.9 Å². The Hall–Kier alpha value is -2.47. The summed E-state index contributed by atoms with van der Waals surface area (Å²) in [4.78, 5) is 27.1. The zero-order valence-electron chi connectivity index (χ0n) is 19.2. The fourth-order valence-corrected chi connectivity index (χ4v) is 5.12. The number of hydrogen-bond acceptors (Lipinski definition) is 5. The summed E-state index contributed by atoms with van der Waals surface area (Å²) in [5.74, 6) is 1.03. The van der Waals surface area contributed by atoms with E-state index in [4.69, 9.17) is 0 Å². The lowest BCUT2D eigenvalue weighted by Gasteiger charge is -2.36. The molecule has 31 heavy (non-hydrogen) atoms. The van der Waals surface area contributed by atoms with E-state index < -0.39 is 0 Å². The van der Waals surface area contributed by atoms with Gasteiger partial charge in [0, 0.05) is 61.8 Å². The Morgan fingerprint density at radius 3 is 2.45 bits per heavy atom. The number of carbonyl (C=O) groups is 1. The topological polar surface area (TPSA) is 61.4 Å². The van der Waals surface area contributed by atoms with Gasteiger partial charge in [-0.05, 0) is 44.7 Å². The van der Waals surface area contributed by atoms with Crippen molar-refractivity contribution in [3.8, 4) is 0 Å². The maximum absolute atomic E-state index is 13.6. The van der Waals surface area contributed by atoms with Crippen LogP contribution in [0.25, 0.3) is 0 Å². The number of fused-ring (bicyclic) bond motifs is 3. The van der Waals surface area contributed by atoms with Gasteiger partial charge in [-0.25, -0.2) is 9.97 Å². The van der Waals surface area contributed by atoms with Crippen molar-refractivity contribution >= 4 is 11.6 Å². The molecule has 4 rings (SSSR count). The second kappa shape index (κ2) is 9.35. The van der Waals surface area contributed by atoms with Gasteiger partial charge in [0.1, 0.15) is 5.82 Å². The summed E-state index contributed by atoms with van der Waals surface area (Å²) in [5.41, 5.74) is 2.85. The second-order valence-electron chi connectivity index (χ2n) is 9.47. The first-order valence-corrected chi connectivity index (χ1v) is 11.6. The van der Waals surface area contributed by atoms with Gasteiger partial charge in [0.05, 0.1) is 5.56 Å². The number of rotatable bonds is 3. The number of nitrogens with one attached hydrogen (secondary N) is 1. The largest absolute Gasteiger partial charge is 0.385 e. The third kappa shape index (κ3) is 4.74. The average molecular weight is 422 g/mol. The lowest BCUT2D eigenvalue weighted by molar-refractivity contribution is 0.0633. The fraction of sp³-hybridized carbons (Fsp3) is 0.560. The highest BCUT2D eigenvalue weighted by Crippen LogP contribution is 2.31. The Bertz CT molecular complexity index is 895. The molecule has 2 aromatic rings. The van der Waals surface area contributed by atoms with Crippen LogP contribution in [0.15, 0.2) is 36.7 Å². The molecule has 1 N–H and O–H groups in total. The van der Waals surface area contributed by atoms with Gasteiger partial charge in [-0.1, -0.05) is 32.0 Å². The van der Waals surface area contributed by atoms with E-state index in [1.165, 1.54) is 6.42 Å². The first-order chi connectivity index (χ1) is 14.9. The Balaban J connectivity index is 1.66. The minimum Gasteiger partial charge on any atom is -0.385 e. The van der Waals surface area contributed by atoms with E-state index in [9.17, 15) is 4.79 Å². The van der Waals surface area contributed by atoms with Crippen LogP contribution in [0.5, 0.6) is 0 Å². The van der Waals surface area contributed by atoms with Gasteiger partial charge in [-0.2, -0.15) is 0 Å². The van der Waals surface area contributed by atoms with Crippen molar-refractivity contribution in [3.63, 3.8) is 0 Å². The molecule has 0 unspecified atom stereocenters. The standard InChI is InChI=1S/C25H35N5O/c1-17(2)24-27-13-20(14-28-24)25(31)29-15-19-7-5-6-8-23(19)26-12-11-21-9-10-22(16-29)30(21)18(3)4/h5-8,13-14,17-18,21-22,26H,9-12,15-16H2,1-4H3/t21-,22+/m1/s1. The molecule has 3 heterocycles. The highest BCUT2D eigenvalue weighted by atomic mass is 16.2. The van der Waals surface area contributed by atoms with E-state index in [1.807, 2.05) is 4.90 Å². The summed E-state index contributed by atoms with van der Waals surface area (Å²) in [5, 5.41) is 3.63. The molecular formula is C25H35N5O. The molecule has 2 aliphatic rings. The molecule has 0 saturated carbocycles. The normalized spacial score (nSPS) is 22.2. The molecule has 1 aromatic heterocycles. The molecule has 0 spiro atoms. The molecule has 2 aliphatic heterocycles. The number of hydrogen-bond donors (Lipinski definition) is 1. The van der Waals surface area contributed by atoms with Gasteiger partial charge >= 0.3 is 0 Å². The van der Waals surface area contributed by atoms with E-state index in [0.717, 1.165) is 43.0 Å². The van der Waals surface area contributed by atoms with Crippen LogP contribution in [0.2, 0.25) is 0 Å². The van der Waals surface area contributed by atoms with E-state index in [2.05, 4.69) is 72.1 Å². The predicted molar refractivity (Wildman–Crippen MR) is 124 cm³/mol. The maximum atomic E-state index is 13.6. The summed E-state index contributed by atoms with van der Waals surface area (Å²) in [6.45, 7) is 10.9. The van der Waals surface area contributed by atoms with E-state index in [-0.39, 0.29) is 11.8 Å². The molecule has 6 heteroatoms. The molecule has 1 fully saturated rings. The zero-order valence-corrected chi connectivity index (χ0v) is 19.2. The molecule has 1 aromatic carbocycles. The van der Waals surface area contributed by atoms with E-state index in [1.54, 1.807) is 12.4 Å². The van der Waals surface area contributed by atoms with Crippen LogP contribution in [0.4, 0.5) is 5.69 Å². The van der Waals surface area contributed by atoms with Crippen molar-refractivity contribution in [1.29, 1.82) is 0 Å². The van der Waals surface area contributed by atoms with Crippen molar-refractivity contribution in [2.75, 3.05) is 18.4 Å². The summed E-state index contributed by atoms with van der Waals surface area (Å²) < 4.78 is 0. The van der Waals surface area contributed by atoms with Crippen LogP contribution < -0.4 is 5.32 Å². The Morgan fingerprint density at radius 1 is 1.03 bits per heavy atom. The van der Waals surface area contributed by atoms with Crippen molar-refractivity contribution in [1.82, 2.24) is 19.8 Å². The van der Waals surface area contributed by atoms with Crippen molar-refractivity contribution < 1.29 is 4.79 Å². The van der Waals surface area contributed by atoms with Gasteiger partial charge < -0.3 is 10.2 Å². The first kappa shape index (κ1) is 21.8. The molecule has 2 atom stereocenters. The SMILES string of the molecule is CC(C)c1ncc(C(=O)N2Cc3ccccc3NCC[C@H]3CC[C@@H](C2)N3C(C)C)cn1. The molecule has 166 valence electrons. The van der Waals surface area contributed by atoms with Crippen LogP contribution in [0.1, 0.15) is 74.6 Å². The maximum Gasteiger partial charge on any atom is 0.257 e. The van der Waals surface area contributed by atoms with Gasteiger partial charge in [0.2, 0.25) is 0 Å². The fourth-order valence-electron chi connectivity index (χ4n) is 5.12. The molecule has 6 nitrogen and oxygen atoms in total. The zero-order chi connectivity index (χ0) is 22.0. The first-order valence-electron chi connectivity index (χ1n) is 11.6. The molecule has 0 aliphatic carbocycles. The van der Waals surface area contributed by atoms with Crippen molar-refractivity contribution in [2.24, 2.45) is 0 Å².